The van der Waals surface area contributed by atoms with Gasteiger partial charge in [0, 0.05) is 11.1 Å². The van der Waals surface area contributed by atoms with Crippen LogP contribution >= 0.6 is 15.9 Å². The largest absolute Gasteiger partial charge is 0.305 e. The Balaban J connectivity index is 2.62. The molecule has 0 amide bonds. The van der Waals surface area contributed by atoms with E-state index >= 15 is 0 Å². The molecule has 0 radical (unpaired) electrons. The van der Waals surface area contributed by atoms with Crippen molar-refractivity contribution >= 4 is 15.9 Å². The number of hydrogen-bond donors (Lipinski definition) is 0. The molecular formula is C13H15BrFN3. The first kappa shape index (κ1) is 13.2. The lowest BCUT2D eigenvalue weighted by Crippen LogP contribution is -2.24. The van der Waals surface area contributed by atoms with Crippen LogP contribution < -0.4 is 0 Å². The van der Waals surface area contributed by atoms with Gasteiger partial charge in [0.1, 0.15) is 11.6 Å². The van der Waals surface area contributed by atoms with Crippen molar-refractivity contribution in [3.05, 3.63) is 35.9 Å². The van der Waals surface area contributed by atoms with E-state index in [1.807, 2.05) is 10.6 Å². The monoisotopic (exact) mass is 311 g/mol. The summed E-state index contributed by atoms with van der Waals surface area (Å²) in [5.41, 5.74) is 0.582. The van der Waals surface area contributed by atoms with Crippen molar-refractivity contribution in [1.82, 2.24) is 14.8 Å². The van der Waals surface area contributed by atoms with Crippen LogP contribution in [0.2, 0.25) is 0 Å². The first-order valence-corrected chi connectivity index (χ1v) is 6.82. The standard InChI is InChI=1S/C13H15BrFN3/c1-13(2,3)18-11(8-14)16-17-12(18)9-5-4-6-10(15)7-9/h4-7H,8H2,1-3H3. The lowest BCUT2D eigenvalue weighted by Gasteiger charge is -2.24. The van der Waals surface area contributed by atoms with Gasteiger partial charge in [0.2, 0.25) is 0 Å². The topological polar surface area (TPSA) is 30.7 Å². The minimum Gasteiger partial charge on any atom is -0.305 e. The van der Waals surface area contributed by atoms with Gasteiger partial charge >= 0.3 is 0 Å². The number of halogens is 2. The molecule has 18 heavy (non-hydrogen) atoms. The van der Waals surface area contributed by atoms with Crippen LogP contribution in [0, 0.1) is 5.82 Å². The van der Waals surface area contributed by atoms with Gasteiger partial charge in [-0.25, -0.2) is 4.39 Å². The van der Waals surface area contributed by atoms with Crippen LogP contribution in [0.25, 0.3) is 11.4 Å². The molecule has 0 bridgehead atoms. The van der Waals surface area contributed by atoms with E-state index in [0.717, 1.165) is 11.4 Å². The van der Waals surface area contributed by atoms with Crippen molar-refractivity contribution in [3.8, 4) is 11.4 Å². The highest BCUT2D eigenvalue weighted by atomic mass is 79.9. The predicted octanol–water partition coefficient (Wildman–Crippen LogP) is 3.73. The third-order valence-corrected chi connectivity index (χ3v) is 3.10. The Morgan fingerprint density at radius 3 is 2.56 bits per heavy atom. The Kier molecular flexibility index (Phi) is 3.52. The van der Waals surface area contributed by atoms with Gasteiger partial charge in [-0.2, -0.15) is 0 Å². The van der Waals surface area contributed by atoms with Gasteiger partial charge in [0.25, 0.3) is 0 Å². The van der Waals surface area contributed by atoms with Gasteiger partial charge in [-0.3, -0.25) is 0 Å². The third-order valence-electron chi connectivity index (χ3n) is 2.60. The minimum atomic E-state index is -0.267. The zero-order chi connectivity index (χ0) is 13.3. The molecule has 0 saturated carbocycles. The Morgan fingerprint density at radius 2 is 2.00 bits per heavy atom. The van der Waals surface area contributed by atoms with Crippen LogP contribution in [0.1, 0.15) is 26.6 Å². The number of rotatable bonds is 2. The summed E-state index contributed by atoms with van der Waals surface area (Å²) in [6, 6.07) is 6.42. The molecule has 0 unspecified atom stereocenters. The van der Waals surface area contributed by atoms with Gasteiger partial charge in [-0.1, -0.05) is 28.1 Å². The fourth-order valence-corrected chi connectivity index (χ4v) is 2.29. The van der Waals surface area contributed by atoms with Crippen LogP contribution in [-0.2, 0) is 10.9 Å². The van der Waals surface area contributed by atoms with Crippen LogP contribution in [-0.4, -0.2) is 14.8 Å². The Morgan fingerprint density at radius 1 is 1.28 bits per heavy atom. The average molecular weight is 312 g/mol. The highest BCUT2D eigenvalue weighted by Crippen LogP contribution is 2.27. The van der Waals surface area contributed by atoms with Crippen LogP contribution in [0.4, 0.5) is 4.39 Å². The maximum Gasteiger partial charge on any atom is 0.164 e. The third kappa shape index (κ3) is 2.46. The summed E-state index contributed by atoms with van der Waals surface area (Å²) in [5.74, 6) is 1.26. The Hall–Kier alpha value is -1.23. The summed E-state index contributed by atoms with van der Waals surface area (Å²) < 4.78 is 15.3. The molecular weight excluding hydrogens is 297 g/mol. The van der Waals surface area contributed by atoms with E-state index in [1.54, 1.807) is 6.07 Å². The van der Waals surface area contributed by atoms with Crippen molar-refractivity contribution in [2.75, 3.05) is 0 Å². The number of hydrogen-bond acceptors (Lipinski definition) is 2. The normalized spacial score (nSPS) is 11.8. The maximum absolute atomic E-state index is 13.3. The Labute approximate surface area is 114 Å². The van der Waals surface area contributed by atoms with Crippen molar-refractivity contribution in [2.45, 2.75) is 31.6 Å². The first-order chi connectivity index (χ1) is 8.43. The Bertz CT molecular complexity index is 558. The molecule has 2 rings (SSSR count). The van der Waals surface area contributed by atoms with Crippen molar-refractivity contribution in [3.63, 3.8) is 0 Å². The molecule has 0 aliphatic heterocycles. The fourth-order valence-electron chi connectivity index (χ4n) is 1.92. The molecule has 2 aromatic rings. The second kappa shape index (κ2) is 4.80. The SMILES string of the molecule is CC(C)(C)n1c(CBr)nnc1-c1cccc(F)c1. The average Bonchev–Trinajstić information content (AvgIpc) is 2.72. The van der Waals surface area contributed by atoms with E-state index in [9.17, 15) is 4.39 Å². The van der Waals surface area contributed by atoms with Gasteiger partial charge < -0.3 is 4.57 Å². The van der Waals surface area contributed by atoms with E-state index in [-0.39, 0.29) is 11.4 Å². The van der Waals surface area contributed by atoms with Gasteiger partial charge in [0.15, 0.2) is 5.82 Å². The van der Waals surface area contributed by atoms with Gasteiger partial charge in [-0.15, -0.1) is 10.2 Å². The fraction of sp³-hybridized carbons (Fsp3) is 0.385. The molecule has 0 spiro atoms. The zero-order valence-corrected chi connectivity index (χ0v) is 12.2. The summed E-state index contributed by atoms with van der Waals surface area (Å²) in [6.45, 7) is 6.22. The van der Waals surface area contributed by atoms with Gasteiger partial charge in [-0.05, 0) is 32.9 Å². The number of nitrogens with zero attached hydrogens (tertiary/aromatic N) is 3. The van der Waals surface area contributed by atoms with Crippen molar-refractivity contribution in [2.24, 2.45) is 0 Å². The molecule has 0 aliphatic rings. The zero-order valence-electron chi connectivity index (χ0n) is 10.6. The number of aromatic nitrogens is 3. The summed E-state index contributed by atoms with van der Waals surface area (Å²) >= 11 is 3.40. The van der Waals surface area contributed by atoms with Crippen molar-refractivity contribution in [1.29, 1.82) is 0 Å². The highest BCUT2D eigenvalue weighted by Gasteiger charge is 2.23. The van der Waals surface area contributed by atoms with Crippen LogP contribution in [0.3, 0.4) is 0 Å². The molecule has 5 heteroatoms. The number of benzene rings is 1. The predicted molar refractivity (Wildman–Crippen MR) is 73.0 cm³/mol. The van der Waals surface area contributed by atoms with E-state index in [1.165, 1.54) is 12.1 Å². The number of alkyl halides is 1. The summed E-state index contributed by atoms with van der Waals surface area (Å²) in [7, 11) is 0. The van der Waals surface area contributed by atoms with Gasteiger partial charge in [0.05, 0.1) is 5.33 Å². The molecule has 0 aliphatic carbocycles. The molecule has 0 fully saturated rings. The molecule has 0 N–H and O–H groups in total. The molecule has 1 aromatic heterocycles. The van der Waals surface area contributed by atoms with E-state index in [4.69, 9.17) is 0 Å². The summed E-state index contributed by atoms with van der Waals surface area (Å²) in [5, 5.41) is 8.95. The second-order valence-corrected chi connectivity index (χ2v) is 5.65. The minimum absolute atomic E-state index is 0.158. The molecule has 3 nitrogen and oxygen atoms in total. The van der Waals surface area contributed by atoms with Crippen LogP contribution in [0.5, 0.6) is 0 Å². The van der Waals surface area contributed by atoms with Crippen molar-refractivity contribution < 1.29 is 4.39 Å². The highest BCUT2D eigenvalue weighted by molar-refractivity contribution is 9.08. The maximum atomic E-state index is 13.3. The molecule has 0 atom stereocenters. The van der Waals surface area contributed by atoms with Crippen LogP contribution in [0.15, 0.2) is 24.3 Å². The summed E-state index contributed by atoms with van der Waals surface area (Å²) in [6.07, 6.45) is 0. The second-order valence-electron chi connectivity index (χ2n) is 5.09. The van der Waals surface area contributed by atoms with E-state index in [2.05, 4.69) is 46.9 Å². The smallest absolute Gasteiger partial charge is 0.164 e. The summed E-state index contributed by atoms with van der Waals surface area (Å²) in [4.78, 5) is 0. The molecule has 0 saturated heterocycles. The molecule has 96 valence electrons. The van der Waals surface area contributed by atoms with E-state index < -0.39 is 0 Å². The van der Waals surface area contributed by atoms with E-state index in [0.29, 0.717) is 11.2 Å². The quantitative estimate of drug-likeness (QED) is 0.791. The lowest BCUT2D eigenvalue weighted by atomic mass is 10.1. The first-order valence-electron chi connectivity index (χ1n) is 5.70. The lowest BCUT2D eigenvalue weighted by molar-refractivity contribution is 0.390. The molecule has 1 aromatic carbocycles. The molecule has 1 heterocycles.